The predicted molar refractivity (Wildman–Crippen MR) is 99.3 cm³/mol. The minimum atomic E-state index is -0.780. The van der Waals surface area contributed by atoms with E-state index in [4.69, 9.17) is 14.2 Å². The van der Waals surface area contributed by atoms with Crippen molar-refractivity contribution in [3.8, 4) is 23.3 Å². The van der Waals surface area contributed by atoms with E-state index in [1.165, 1.54) is 25.3 Å². The lowest BCUT2D eigenvalue weighted by atomic mass is 10.1. The Hall–Kier alpha value is -4.06. The molecule has 0 radical (unpaired) electrons. The number of nitrogens with zero attached hydrogens (tertiary/aromatic N) is 2. The van der Waals surface area contributed by atoms with Crippen LogP contribution in [0.5, 0.6) is 17.2 Å². The molecule has 0 atom stereocenters. The zero-order valence-electron chi connectivity index (χ0n) is 14.8. The first-order chi connectivity index (χ1) is 13.5. The standard InChI is InChI=1S/C19H15N3O6/c1-26-14-4-2-12(3-5-14)8-13(11-20)19(23)21-15-9-17-18(28-7-6-27-17)10-16(15)22(24)25/h2-5,8-10H,6-7H2,1H3,(H,21,23)/b13-8+. The maximum absolute atomic E-state index is 12.5. The normalized spacial score (nSPS) is 12.6. The van der Waals surface area contributed by atoms with Crippen LogP contribution in [0.15, 0.2) is 42.0 Å². The fourth-order valence-electron chi connectivity index (χ4n) is 2.53. The van der Waals surface area contributed by atoms with Crippen molar-refractivity contribution in [2.45, 2.75) is 0 Å². The van der Waals surface area contributed by atoms with Gasteiger partial charge in [0, 0.05) is 6.07 Å². The van der Waals surface area contributed by atoms with Crippen molar-refractivity contribution in [3.05, 3.63) is 57.6 Å². The third-order valence-corrected chi connectivity index (χ3v) is 3.90. The molecule has 0 aliphatic carbocycles. The summed E-state index contributed by atoms with van der Waals surface area (Å²) in [6.45, 7) is 0.568. The third kappa shape index (κ3) is 4.02. The molecule has 9 heteroatoms. The Morgan fingerprint density at radius 2 is 1.89 bits per heavy atom. The molecular formula is C19H15N3O6. The summed E-state index contributed by atoms with van der Waals surface area (Å²) in [6, 6.07) is 11.0. The molecule has 0 saturated carbocycles. The van der Waals surface area contributed by atoms with E-state index in [2.05, 4.69) is 5.32 Å². The van der Waals surface area contributed by atoms with Crippen LogP contribution in [0, 0.1) is 21.4 Å². The molecule has 1 heterocycles. The summed E-state index contributed by atoms with van der Waals surface area (Å²) in [6.07, 6.45) is 1.37. The first-order valence-electron chi connectivity index (χ1n) is 8.17. The molecule has 0 spiro atoms. The van der Waals surface area contributed by atoms with Crippen LogP contribution in [0.3, 0.4) is 0 Å². The molecule has 0 saturated heterocycles. The first kappa shape index (κ1) is 18.7. The number of ether oxygens (including phenoxy) is 3. The number of methoxy groups -OCH3 is 1. The quantitative estimate of drug-likeness (QED) is 0.365. The van der Waals surface area contributed by atoms with Crippen LogP contribution in [0.1, 0.15) is 5.56 Å². The highest BCUT2D eigenvalue weighted by Crippen LogP contribution is 2.39. The Bertz CT molecular complexity index is 992. The molecule has 0 fully saturated rings. The van der Waals surface area contributed by atoms with Crippen LogP contribution in [0.2, 0.25) is 0 Å². The summed E-state index contributed by atoms with van der Waals surface area (Å²) >= 11 is 0. The van der Waals surface area contributed by atoms with Crippen molar-refractivity contribution in [1.29, 1.82) is 5.26 Å². The number of nitriles is 1. The van der Waals surface area contributed by atoms with Crippen LogP contribution in [0.25, 0.3) is 6.08 Å². The van der Waals surface area contributed by atoms with Crippen LogP contribution in [-0.4, -0.2) is 31.2 Å². The third-order valence-electron chi connectivity index (χ3n) is 3.90. The fourth-order valence-corrected chi connectivity index (χ4v) is 2.53. The number of carbonyl (C=O) groups excluding carboxylic acids is 1. The van der Waals surface area contributed by atoms with Gasteiger partial charge in [0.05, 0.1) is 18.1 Å². The van der Waals surface area contributed by atoms with Crippen LogP contribution >= 0.6 is 0 Å². The highest BCUT2D eigenvalue weighted by atomic mass is 16.6. The van der Waals surface area contributed by atoms with Gasteiger partial charge in [0.2, 0.25) is 0 Å². The Balaban J connectivity index is 1.89. The van der Waals surface area contributed by atoms with E-state index in [-0.39, 0.29) is 35.1 Å². The van der Waals surface area contributed by atoms with E-state index in [9.17, 15) is 20.2 Å². The van der Waals surface area contributed by atoms with Gasteiger partial charge in [-0.2, -0.15) is 5.26 Å². The molecule has 0 aromatic heterocycles. The number of benzene rings is 2. The largest absolute Gasteiger partial charge is 0.497 e. The number of rotatable bonds is 5. The molecule has 3 rings (SSSR count). The second-order valence-electron chi connectivity index (χ2n) is 5.67. The molecule has 9 nitrogen and oxygen atoms in total. The minimum absolute atomic E-state index is 0.0878. The number of nitro groups is 1. The first-order valence-corrected chi connectivity index (χ1v) is 8.17. The maximum atomic E-state index is 12.5. The van der Waals surface area contributed by atoms with Gasteiger partial charge in [-0.05, 0) is 23.8 Å². The van der Waals surface area contributed by atoms with E-state index >= 15 is 0 Å². The lowest BCUT2D eigenvalue weighted by molar-refractivity contribution is -0.384. The Labute approximate surface area is 159 Å². The zero-order chi connectivity index (χ0) is 20.1. The van der Waals surface area contributed by atoms with Gasteiger partial charge in [0.25, 0.3) is 11.6 Å². The maximum Gasteiger partial charge on any atom is 0.296 e. The zero-order valence-corrected chi connectivity index (χ0v) is 14.8. The molecule has 1 amide bonds. The number of amides is 1. The van der Waals surface area contributed by atoms with Gasteiger partial charge in [-0.1, -0.05) is 12.1 Å². The number of hydrogen-bond acceptors (Lipinski definition) is 7. The van der Waals surface area contributed by atoms with Gasteiger partial charge in [-0.3, -0.25) is 14.9 Å². The van der Waals surface area contributed by atoms with Crippen LogP contribution in [0.4, 0.5) is 11.4 Å². The van der Waals surface area contributed by atoms with Gasteiger partial charge < -0.3 is 19.5 Å². The molecule has 28 heavy (non-hydrogen) atoms. The van der Waals surface area contributed by atoms with E-state index in [0.717, 1.165) is 0 Å². The van der Waals surface area contributed by atoms with Gasteiger partial charge in [0.15, 0.2) is 11.5 Å². The average molecular weight is 381 g/mol. The van der Waals surface area contributed by atoms with E-state index in [1.54, 1.807) is 30.3 Å². The Morgan fingerprint density at radius 3 is 2.46 bits per heavy atom. The number of carbonyl (C=O) groups is 1. The van der Waals surface area contributed by atoms with Gasteiger partial charge in [0.1, 0.15) is 36.3 Å². The number of nitro benzene ring substituents is 1. The molecule has 0 unspecified atom stereocenters. The van der Waals surface area contributed by atoms with Crippen molar-refractivity contribution in [2.24, 2.45) is 0 Å². The van der Waals surface area contributed by atoms with Crippen LogP contribution < -0.4 is 19.5 Å². The lowest BCUT2D eigenvalue weighted by Gasteiger charge is -2.19. The number of fused-ring (bicyclic) bond motifs is 1. The van der Waals surface area contributed by atoms with Crippen molar-refractivity contribution in [3.63, 3.8) is 0 Å². The molecule has 2 aromatic rings. The van der Waals surface area contributed by atoms with Crippen molar-refractivity contribution >= 4 is 23.4 Å². The second kappa shape index (κ2) is 8.09. The lowest BCUT2D eigenvalue weighted by Crippen LogP contribution is -2.18. The monoisotopic (exact) mass is 381 g/mol. The molecule has 1 N–H and O–H groups in total. The van der Waals surface area contributed by atoms with Crippen LogP contribution in [-0.2, 0) is 4.79 Å². The highest BCUT2D eigenvalue weighted by Gasteiger charge is 2.24. The molecular weight excluding hydrogens is 366 g/mol. The summed E-state index contributed by atoms with van der Waals surface area (Å²) in [5, 5.41) is 23.1. The van der Waals surface area contributed by atoms with Crippen molar-refractivity contribution in [1.82, 2.24) is 0 Å². The second-order valence-corrected chi connectivity index (χ2v) is 5.67. The summed E-state index contributed by atoms with van der Waals surface area (Å²) in [4.78, 5) is 23.2. The molecule has 1 aliphatic rings. The summed E-state index contributed by atoms with van der Waals surface area (Å²) in [5.41, 5.74) is -0.0620. The SMILES string of the molecule is COc1ccc(/C=C(\C#N)C(=O)Nc2cc3c(cc2[N+](=O)[O-])OCCO3)cc1. The topological polar surface area (TPSA) is 124 Å². The number of hydrogen-bond donors (Lipinski definition) is 1. The van der Waals surface area contributed by atoms with Crippen molar-refractivity contribution in [2.75, 3.05) is 25.6 Å². The molecule has 2 aromatic carbocycles. The number of anilines is 1. The highest BCUT2D eigenvalue weighted by molar-refractivity contribution is 6.10. The van der Waals surface area contributed by atoms with Gasteiger partial charge >= 0.3 is 0 Å². The van der Waals surface area contributed by atoms with E-state index in [1.807, 2.05) is 0 Å². The van der Waals surface area contributed by atoms with Gasteiger partial charge in [-0.15, -0.1) is 0 Å². The summed E-state index contributed by atoms with van der Waals surface area (Å²) in [5.74, 6) is 0.361. The Kier molecular flexibility index (Phi) is 5.41. The fraction of sp³-hybridized carbons (Fsp3) is 0.158. The predicted octanol–water partition coefficient (Wildman–Crippen LogP) is 2.92. The molecule has 0 bridgehead atoms. The van der Waals surface area contributed by atoms with Gasteiger partial charge in [-0.25, -0.2) is 0 Å². The summed E-state index contributed by atoms with van der Waals surface area (Å²) in [7, 11) is 1.53. The van der Waals surface area contributed by atoms with E-state index < -0.39 is 10.8 Å². The smallest absolute Gasteiger partial charge is 0.296 e. The molecule has 142 valence electrons. The van der Waals surface area contributed by atoms with Crippen molar-refractivity contribution < 1.29 is 23.9 Å². The minimum Gasteiger partial charge on any atom is -0.497 e. The average Bonchev–Trinajstić information content (AvgIpc) is 2.71. The molecule has 1 aliphatic heterocycles. The summed E-state index contributed by atoms with van der Waals surface area (Å²) < 4.78 is 15.8. The Morgan fingerprint density at radius 1 is 1.25 bits per heavy atom. The number of nitrogens with one attached hydrogen (secondary N) is 1. The van der Waals surface area contributed by atoms with E-state index in [0.29, 0.717) is 17.9 Å².